The lowest BCUT2D eigenvalue weighted by Gasteiger charge is -2.06. The van der Waals surface area contributed by atoms with E-state index in [0.717, 1.165) is 29.4 Å². The van der Waals surface area contributed by atoms with Gasteiger partial charge in [0, 0.05) is 30.2 Å². The van der Waals surface area contributed by atoms with Gasteiger partial charge in [-0.15, -0.1) is 11.3 Å². The first-order chi connectivity index (χ1) is 8.29. The van der Waals surface area contributed by atoms with E-state index >= 15 is 0 Å². The third kappa shape index (κ3) is 1.71. The molecule has 0 aromatic carbocycles. The average Bonchev–Trinajstić information content (AvgIpc) is 2.94. The third-order valence-corrected chi connectivity index (χ3v) is 3.97. The lowest BCUT2D eigenvalue weighted by atomic mass is 10.1. The summed E-state index contributed by atoms with van der Waals surface area (Å²) in [5, 5.41) is 4.82. The zero-order valence-electron chi connectivity index (χ0n) is 9.80. The number of aliphatic imine (C=N–C) groups is 1. The maximum absolute atomic E-state index is 5.29. The number of nitrogens with zero attached hydrogens (tertiary/aromatic N) is 3. The zero-order chi connectivity index (χ0) is 11.8. The third-order valence-electron chi connectivity index (χ3n) is 2.84. The fourth-order valence-electron chi connectivity index (χ4n) is 2.17. The van der Waals surface area contributed by atoms with Crippen molar-refractivity contribution >= 4 is 22.6 Å². The van der Waals surface area contributed by atoms with Gasteiger partial charge in [0.25, 0.3) is 0 Å². The van der Waals surface area contributed by atoms with Crippen molar-refractivity contribution in [1.29, 1.82) is 0 Å². The first-order valence-electron chi connectivity index (χ1n) is 5.52. The van der Waals surface area contributed by atoms with Gasteiger partial charge in [-0.3, -0.25) is 4.90 Å². The van der Waals surface area contributed by atoms with Gasteiger partial charge >= 0.3 is 0 Å². The quantitative estimate of drug-likeness (QED) is 0.766. The fourth-order valence-corrected chi connectivity index (χ4v) is 3.46. The summed E-state index contributed by atoms with van der Waals surface area (Å²) in [4.78, 5) is 8.12. The molecule has 0 amide bonds. The van der Waals surface area contributed by atoms with Crippen molar-refractivity contribution in [3.8, 4) is 11.3 Å². The summed E-state index contributed by atoms with van der Waals surface area (Å²) in [6.45, 7) is 3.89. The molecule has 2 aromatic heterocycles. The molecular weight excluding hydrogens is 234 g/mol. The maximum Gasteiger partial charge on any atom is 0.170 e. The molecule has 3 rings (SSSR count). The second-order valence-electron chi connectivity index (χ2n) is 4.12. The standard InChI is InChI=1S/C12H13N3OS/c1-3-13-12-11(9-4-5-14-16-9)8-6-15(2)7-10(8)17-12/h3-5H,6-7H2,1-2H3. The van der Waals surface area contributed by atoms with Gasteiger partial charge in [-0.2, -0.15) is 0 Å². The van der Waals surface area contributed by atoms with Crippen molar-refractivity contribution in [2.45, 2.75) is 20.0 Å². The molecule has 88 valence electrons. The van der Waals surface area contributed by atoms with Crippen LogP contribution in [0, 0.1) is 0 Å². The van der Waals surface area contributed by atoms with Gasteiger partial charge in [0.2, 0.25) is 0 Å². The van der Waals surface area contributed by atoms with Gasteiger partial charge in [0.15, 0.2) is 5.76 Å². The van der Waals surface area contributed by atoms with Crippen LogP contribution in [-0.2, 0) is 13.1 Å². The van der Waals surface area contributed by atoms with Crippen LogP contribution in [0.4, 0.5) is 5.00 Å². The number of fused-ring (bicyclic) bond motifs is 1. The molecule has 0 saturated heterocycles. The Morgan fingerprint density at radius 1 is 1.53 bits per heavy atom. The molecule has 0 saturated carbocycles. The normalized spacial score (nSPS) is 15.9. The van der Waals surface area contributed by atoms with E-state index in [9.17, 15) is 0 Å². The lowest BCUT2D eigenvalue weighted by molar-refractivity contribution is 0.354. The number of thiophene rings is 1. The highest BCUT2D eigenvalue weighted by atomic mass is 32.1. The first kappa shape index (κ1) is 10.7. The van der Waals surface area contributed by atoms with Gasteiger partial charge in [-0.1, -0.05) is 5.16 Å². The first-order valence-corrected chi connectivity index (χ1v) is 6.34. The van der Waals surface area contributed by atoms with Gasteiger partial charge in [0.05, 0.1) is 11.8 Å². The Balaban J connectivity index is 2.17. The van der Waals surface area contributed by atoms with E-state index in [1.165, 1.54) is 10.4 Å². The van der Waals surface area contributed by atoms with Crippen LogP contribution in [0.25, 0.3) is 11.3 Å². The molecule has 2 aromatic rings. The number of hydrogen-bond acceptors (Lipinski definition) is 5. The average molecular weight is 247 g/mol. The highest BCUT2D eigenvalue weighted by Gasteiger charge is 2.27. The van der Waals surface area contributed by atoms with Gasteiger partial charge in [-0.25, -0.2) is 4.99 Å². The Bertz CT molecular complexity index is 557. The van der Waals surface area contributed by atoms with E-state index in [-0.39, 0.29) is 0 Å². The van der Waals surface area contributed by atoms with E-state index in [0.29, 0.717) is 0 Å². The predicted molar refractivity (Wildman–Crippen MR) is 68.8 cm³/mol. The smallest absolute Gasteiger partial charge is 0.170 e. The predicted octanol–water partition coefficient (Wildman–Crippen LogP) is 3.07. The molecule has 1 aliphatic heterocycles. The number of aromatic nitrogens is 1. The highest BCUT2D eigenvalue weighted by Crippen LogP contribution is 2.45. The Morgan fingerprint density at radius 3 is 3.12 bits per heavy atom. The Hall–Kier alpha value is -1.46. The molecule has 0 bridgehead atoms. The molecule has 3 heterocycles. The van der Waals surface area contributed by atoms with E-state index in [1.54, 1.807) is 17.5 Å². The van der Waals surface area contributed by atoms with Crippen LogP contribution >= 0.6 is 11.3 Å². The fraction of sp³-hybridized carbons (Fsp3) is 0.333. The topological polar surface area (TPSA) is 41.6 Å². The van der Waals surface area contributed by atoms with E-state index < -0.39 is 0 Å². The molecular formula is C12H13N3OS. The Labute approximate surface area is 104 Å². The van der Waals surface area contributed by atoms with Crippen molar-refractivity contribution in [2.24, 2.45) is 4.99 Å². The van der Waals surface area contributed by atoms with E-state index in [2.05, 4.69) is 22.1 Å². The molecule has 0 unspecified atom stereocenters. The minimum Gasteiger partial charge on any atom is -0.356 e. The molecule has 5 heteroatoms. The lowest BCUT2D eigenvalue weighted by Crippen LogP contribution is -2.08. The molecule has 0 fully saturated rings. The van der Waals surface area contributed by atoms with Crippen LogP contribution in [0.15, 0.2) is 21.8 Å². The molecule has 0 aliphatic carbocycles. The second-order valence-corrected chi connectivity index (χ2v) is 5.20. The molecule has 1 aliphatic rings. The highest BCUT2D eigenvalue weighted by molar-refractivity contribution is 7.16. The molecule has 0 N–H and O–H groups in total. The van der Waals surface area contributed by atoms with Crippen molar-refractivity contribution in [3.05, 3.63) is 22.7 Å². The maximum atomic E-state index is 5.29. The van der Waals surface area contributed by atoms with E-state index in [1.807, 2.05) is 19.2 Å². The van der Waals surface area contributed by atoms with Gasteiger partial charge in [0.1, 0.15) is 5.00 Å². The number of hydrogen-bond donors (Lipinski definition) is 0. The summed E-state index contributed by atoms with van der Waals surface area (Å²) in [5.74, 6) is 0.818. The van der Waals surface area contributed by atoms with E-state index in [4.69, 9.17) is 4.52 Å². The van der Waals surface area contributed by atoms with Crippen LogP contribution in [0.3, 0.4) is 0 Å². The summed E-state index contributed by atoms with van der Waals surface area (Å²) >= 11 is 1.75. The summed E-state index contributed by atoms with van der Waals surface area (Å²) in [5.41, 5.74) is 2.46. The van der Waals surface area contributed by atoms with Crippen LogP contribution in [0.1, 0.15) is 17.4 Å². The van der Waals surface area contributed by atoms with Crippen LogP contribution in [0.2, 0.25) is 0 Å². The SMILES string of the molecule is CC=Nc1sc2c(c1-c1ccno1)CN(C)C2. The zero-order valence-corrected chi connectivity index (χ0v) is 10.6. The minimum absolute atomic E-state index is 0.818. The van der Waals surface area contributed by atoms with Crippen molar-refractivity contribution in [2.75, 3.05) is 7.05 Å². The largest absolute Gasteiger partial charge is 0.356 e. The number of rotatable bonds is 2. The van der Waals surface area contributed by atoms with Crippen LogP contribution in [0.5, 0.6) is 0 Å². The van der Waals surface area contributed by atoms with Gasteiger partial charge in [-0.05, 0) is 19.5 Å². The summed E-state index contributed by atoms with van der Waals surface area (Å²) < 4.78 is 5.29. The molecule has 0 spiro atoms. The van der Waals surface area contributed by atoms with Crippen LogP contribution in [-0.4, -0.2) is 23.3 Å². The monoisotopic (exact) mass is 247 g/mol. The summed E-state index contributed by atoms with van der Waals surface area (Å²) in [6.07, 6.45) is 3.50. The summed E-state index contributed by atoms with van der Waals surface area (Å²) in [7, 11) is 2.12. The molecule has 0 radical (unpaired) electrons. The Kier molecular flexibility index (Phi) is 2.57. The van der Waals surface area contributed by atoms with Crippen molar-refractivity contribution in [1.82, 2.24) is 10.1 Å². The second kappa shape index (κ2) is 4.09. The summed E-state index contributed by atoms with van der Waals surface area (Å²) in [6, 6.07) is 1.90. The van der Waals surface area contributed by atoms with Crippen molar-refractivity contribution < 1.29 is 4.52 Å². The molecule has 17 heavy (non-hydrogen) atoms. The van der Waals surface area contributed by atoms with Gasteiger partial charge < -0.3 is 4.52 Å². The Morgan fingerprint density at radius 2 is 2.41 bits per heavy atom. The molecule has 0 atom stereocenters. The van der Waals surface area contributed by atoms with Crippen LogP contribution < -0.4 is 0 Å². The minimum atomic E-state index is 0.818. The molecule has 4 nitrogen and oxygen atoms in total. The van der Waals surface area contributed by atoms with Crippen molar-refractivity contribution in [3.63, 3.8) is 0 Å².